The fourth-order valence-corrected chi connectivity index (χ4v) is 2.69. The summed E-state index contributed by atoms with van der Waals surface area (Å²) in [7, 11) is 0. The van der Waals surface area contributed by atoms with Gasteiger partial charge in [0, 0.05) is 19.8 Å². The molecule has 1 N–H and O–H groups in total. The van der Waals surface area contributed by atoms with Gasteiger partial charge in [-0.2, -0.15) is 0 Å². The van der Waals surface area contributed by atoms with Crippen molar-refractivity contribution in [1.82, 2.24) is 4.98 Å². The number of hydrogen-bond acceptors (Lipinski definition) is 4. The zero-order valence-corrected chi connectivity index (χ0v) is 11.3. The molecule has 0 saturated heterocycles. The number of fused-ring (bicyclic) bond motifs is 1. The van der Waals surface area contributed by atoms with Crippen LogP contribution < -0.4 is 5.32 Å². The highest BCUT2D eigenvalue weighted by Crippen LogP contribution is 2.31. The molecular weight excluding hydrogens is 256 g/mol. The lowest BCUT2D eigenvalue weighted by atomic mass is 10.3. The third-order valence-corrected chi connectivity index (χ3v) is 3.80. The Morgan fingerprint density at radius 3 is 3.12 bits per heavy atom. The summed E-state index contributed by atoms with van der Waals surface area (Å²) in [5.74, 6) is 0. The number of benzene rings is 1. The van der Waals surface area contributed by atoms with Crippen LogP contribution in [0.5, 0.6) is 0 Å². The van der Waals surface area contributed by atoms with E-state index in [-0.39, 0.29) is 0 Å². The Kier molecular flexibility index (Phi) is 4.59. The first-order valence-electron chi connectivity index (χ1n) is 5.68. The Bertz CT molecular complexity index is 486. The maximum absolute atomic E-state index is 6.10. The molecule has 0 bridgehead atoms. The van der Waals surface area contributed by atoms with Gasteiger partial charge < -0.3 is 10.1 Å². The molecule has 0 aliphatic rings. The van der Waals surface area contributed by atoms with Crippen molar-refractivity contribution in [2.45, 2.75) is 13.3 Å². The van der Waals surface area contributed by atoms with Crippen LogP contribution in [0.15, 0.2) is 18.2 Å². The molecule has 0 spiro atoms. The normalized spacial score (nSPS) is 10.9. The average Bonchev–Trinajstić information content (AvgIpc) is 2.73. The van der Waals surface area contributed by atoms with Gasteiger partial charge in [-0.15, -0.1) is 0 Å². The fourth-order valence-electron chi connectivity index (χ4n) is 1.50. The van der Waals surface area contributed by atoms with Crippen LogP contribution >= 0.6 is 22.9 Å². The lowest BCUT2D eigenvalue weighted by molar-refractivity contribution is 0.147. The van der Waals surface area contributed by atoms with E-state index in [0.29, 0.717) is 0 Å². The highest BCUT2D eigenvalue weighted by Gasteiger charge is 2.05. The van der Waals surface area contributed by atoms with E-state index in [1.165, 1.54) is 0 Å². The number of nitrogens with zero attached hydrogens (tertiary/aromatic N) is 1. The van der Waals surface area contributed by atoms with E-state index < -0.39 is 0 Å². The highest BCUT2D eigenvalue weighted by molar-refractivity contribution is 7.22. The van der Waals surface area contributed by atoms with E-state index in [4.69, 9.17) is 16.3 Å². The standard InChI is InChI=1S/C12H15ClN2OS/c1-2-16-8-4-7-14-12-15-10-6-3-5-9(13)11(10)17-12/h3,5-6H,2,4,7-8H2,1H3,(H,14,15). The van der Waals surface area contributed by atoms with Crippen molar-refractivity contribution >= 4 is 38.3 Å². The number of thiazole rings is 1. The van der Waals surface area contributed by atoms with Gasteiger partial charge in [0.05, 0.1) is 15.2 Å². The molecule has 1 heterocycles. The molecule has 0 unspecified atom stereocenters. The van der Waals surface area contributed by atoms with Crippen molar-refractivity contribution < 1.29 is 4.74 Å². The van der Waals surface area contributed by atoms with Crippen LogP contribution in [0.2, 0.25) is 5.02 Å². The van der Waals surface area contributed by atoms with Crippen molar-refractivity contribution in [3.05, 3.63) is 23.2 Å². The minimum absolute atomic E-state index is 0.766. The number of nitrogens with one attached hydrogen (secondary N) is 1. The second-order valence-electron chi connectivity index (χ2n) is 3.58. The van der Waals surface area contributed by atoms with Gasteiger partial charge in [-0.3, -0.25) is 0 Å². The predicted molar refractivity (Wildman–Crippen MR) is 74.2 cm³/mol. The Morgan fingerprint density at radius 1 is 1.47 bits per heavy atom. The lowest BCUT2D eigenvalue weighted by Crippen LogP contribution is -2.05. The van der Waals surface area contributed by atoms with Crippen molar-refractivity contribution in [3.8, 4) is 0 Å². The SMILES string of the molecule is CCOCCCNc1nc2cccc(Cl)c2s1. The van der Waals surface area contributed by atoms with Crippen molar-refractivity contribution in [3.63, 3.8) is 0 Å². The predicted octanol–water partition coefficient (Wildman–Crippen LogP) is 3.79. The molecule has 5 heteroatoms. The summed E-state index contributed by atoms with van der Waals surface area (Å²) in [6.07, 6.45) is 0.984. The second kappa shape index (κ2) is 6.19. The zero-order valence-electron chi connectivity index (χ0n) is 9.70. The third kappa shape index (κ3) is 3.31. The molecule has 0 aliphatic carbocycles. The van der Waals surface area contributed by atoms with Gasteiger partial charge in [-0.25, -0.2) is 4.98 Å². The molecule has 0 amide bonds. The first kappa shape index (κ1) is 12.6. The molecule has 0 radical (unpaired) electrons. The van der Waals surface area contributed by atoms with Crippen LogP contribution in [-0.4, -0.2) is 24.7 Å². The molecule has 0 fully saturated rings. The third-order valence-electron chi connectivity index (χ3n) is 2.31. The molecule has 0 aliphatic heterocycles. The smallest absolute Gasteiger partial charge is 0.183 e. The van der Waals surface area contributed by atoms with Gasteiger partial charge in [-0.1, -0.05) is 29.0 Å². The molecule has 17 heavy (non-hydrogen) atoms. The van der Waals surface area contributed by atoms with Crippen LogP contribution in [-0.2, 0) is 4.74 Å². The zero-order chi connectivity index (χ0) is 12.1. The molecule has 1 aromatic heterocycles. The van der Waals surface area contributed by atoms with E-state index in [9.17, 15) is 0 Å². The number of anilines is 1. The van der Waals surface area contributed by atoms with Gasteiger partial charge in [-0.05, 0) is 25.5 Å². The fraction of sp³-hybridized carbons (Fsp3) is 0.417. The van der Waals surface area contributed by atoms with E-state index in [0.717, 1.165) is 46.6 Å². The summed E-state index contributed by atoms with van der Waals surface area (Å²) in [6, 6.07) is 5.78. The topological polar surface area (TPSA) is 34.1 Å². The molecule has 0 saturated carbocycles. The largest absolute Gasteiger partial charge is 0.382 e. The summed E-state index contributed by atoms with van der Waals surface area (Å²) < 4.78 is 6.31. The van der Waals surface area contributed by atoms with Crippen LogP contribution in [0, 0.1) is 0 Å². The quantitative estimate of drug-likeness (QED) is 0.811. The minimum atomic E-state index is 0.766. The Labute approximate surface area is 110 Å². The summed E-state index contributed by atoms with van der Waals surface area (Å²) >= 11 is 7.69. The average molecular weight is 271 g/mol. The van der Waals surface area contributed by atoms with E-state index >= 15 is 0 Å². The number of hydrogen-bond donors (Lipinski definition) is 1. The molecular formula is C12H15ClN2OS. The van der Waals surface area contributed by atoms with Crippen LogP contribution in [0.1, 0.15) is 13.3 Å². The maximum atomic E-state index is 6.10. The van der Waals surface area contributed by atoms with Crippen LogP contribution in [0.25, 0.3) is 10.2 Å². The molecule has 2 aromatic rings. The second-order valence-corrected chi connectivity index (χ2v) is 4.99. The summed E-state index contributed by atoms with van der Waals surface area (Å²) in [5, 5.41) is 4.98. The monoisotopic (exact) mass is 270 g/mol. The van der Waals surface area contributed by atoms with Crippen molar-refractivity contribution in [1.29, 1.82) is 0 Å². The number of aromatic nitrogens is 1. The first-order chi connectivity index (χ1) is 8.31. The van der Waals surface area contributed by atoms with Crippen molar-refractivity contribution in [2.75, 3.05) is 25.1 Å². The van der Waals surface area contributed by atoms with E-state index in [1.54, 1.807) is 11.3 Å². The summed E-state index contributed by atoms with van der Waals surface area (Å²) in [4.78, 5) is 4.47. The number of halogens is 1. The van der Waals surface area contributed by atoms with Gasteiger partial charge in [0.25, 0.3) is 0 Å². The number of rotatable bonds is 6. The molecule has 3 nitrogen and oxygen atoms in total. The first-order valence-corrected chi connectivity index (χ1v) is 6.87. The molecule has 1 aromatic carbocycles. The Balaban J connectivity index is 1.93. The molecule has 0 atom stereocenters. The molecule has 92 valence electrons. The van der Waals surface area contributed by atoms with Gasteiger partial charge in [0.2, 0.25) is 0 Å². The minimum Gasteiger partial charge on any atom is -0.382 e. The van der Waals surface area contributed by atoms with Gasteiger partial charge in [0.15, 0.2) is 5.13 Å². The van der Waals surface area contributed by atoms with Gasteiger partial charge >= 0.3 is 0 Å². The van der Waals surface area contributed by atoms with E-state index in [1.807, 2.05) is 25.1 Å². The van der Waals surface area contributed by atoms with E-state index in [2.05, 4.69) is 10.3 Å². The highest BCUT2D eigenvalue weighted by atomic mass is 35.5. The summed E-state index contributed by atoms with van der Waals surface area (Å²) in [5.41, 5.74) is 0.954. The lowest BCUT2D eigenvalue weighted by Gasteiger charge is -2.02. The number of ether oxygens (including phenoxy) is 1. The molecule has 2 rings (SSSR count). The Hall–Kier alpha value is -0.840. The van der Waals surface area contributed by atoms with Gasteiger partial charge in [0.1, 0.15) is 0 Å². The maximum Gasteiger partial charge on any atom is 0.183 e. The Morgan fingerprint density at radius 2 is 2.35 bits per heavy atom. The summed E-state index contributed by atoms with van der Waals surface area (Å²) in [6.45, 7) is 4.44. The van der Waals surface area contributed by atoms with Crippen LogP contribution in [0.3, 0.4) is 0 Å². The van der Waals surface area contributed by atoms with Crippen molar-refractivity contribution in [2.24, 2.45) is 0 Å². The van der Waals surface area contributed by atoms with Crippen LogP contribution in [0.4, 0.5) is 5.13 Å².